The Morgan fingerprint density at radius 2 is 2.12 bits per heavy atom. The van der Waals surface area contributed by atoms with Gasteiger partial charge in [0.25, 0.3) is 0 Å². The predicted octanol–water partition coefficient (Wildman–Crippen LogP) is 2.26. The maximum absolute atomic E-state index is 10.4. The van der Waals surface area contributed by atoms with Crippen LogP contribution in [0.5, 0.6) is 0 Å². The van der Waals surface area contributed by atoms with E-state index in [4.69, 9.17) is 5.11 Å². The third kappa shape index (κ3) is 3.54. The second-order valence-electron chi connectivity index (χ2n) is 4.72. The van der Waals surface area contributed by atoms with Gasteiger partial charge in [-0.25, -0.2) is 4.98 Å². The maximum Gasteiger partial charge on any atom is 0.303 e. The Bertz CT molecular complexity index is 370. The molecule has 5 heteroatoms. The van der Waals surface area contributed by atoms with Crippen molar-refractivity contribution in [3.8, 4) is 0 Å². The van der Waals surface area contributed by atoms with Crippen LogP contribution in [0, 0.1) is 0 Å². The summed E-state index contributed by atoms with van der Waals surface area (Å²) in [5.41, 5.74) is 0. The molecule has 0 aliphatic heterocycles. The third-order valence-corrected chi connectivity index (χ3v) is 3.32. The SMILES string of the molecule is O=C(O)CCCCc1nc(C2CCCC2)n[nH]1. The fourth-order valence-corrected chi connectivity index (χ4v) is 2.36. The largest absolute Gasteiger partial charge is 0.481 e. The molecule has 0 bridgehead atoms. The third-order valence-electron chi connectivity index (χ3n) is 3.32. The van der Waals surface area contributed by atoms with Crippen LogP contribution in [0.15, 0.2) is 0 Å². The first kappa shape index (κ1) is 12.1. The van der Waals surface area contributed by atoms with Gasteiger partial charge in [-0.15, -0.1) is 0 Å². The molecular formula is C12H19N3O2. The highest BCUT2D eigenvalue weighted by Gasteiger charge is 2.20. The molecule has 2 N–H and O–H groups in total. The van der Waals surface area contributed by atoms with Crippen LogP contribution < -0.4 is 0 Å². The summed E-state index contributed by atoms with van der Waals surface area (Å²) < 4.78 is 0. The van der Waals surface area contributed by atoms with Crippen LogP contribution in [0.4, 0.5) is 0 Å². The molecule has 2 rings (SSSR count). The molecule has 0 unspecified atom stereocenters. The lowest BCUT2D eigenvalue weighted by molar-refractivity contribution is -0.137. The quantitative estimate of drug-likeness (QED) is 0.744. The smallest absolute Gasteiger partial charge is 0.303 e. The minimum atomic E-state index is -0.728. The second-order valence-corrected chi connectivity index (χ2v) is 4.72. The first-order valence-electron chi connectivity index (χ1n) is 6.38. The van der Waals surface area contributed by atoms with Crippen molar-refractivity contribution in [2.45, 2.75) is 57.3 Å². The molecule has 17 heavy (non-hydrogen) atoms. The van der Waals surface area contributed by atoms with Gasteiger partial charge in [0.15, 0.2) is 5.82 Å². The van der Waals surface area contributed by atoms with Crippen LogP contribution in [-0.4, -0.2) is 26.3 Å². The normalized spacial score (nSPS) is 16.5. The number of carboxylic acid groups (broad SMARTS) is 1. The summed E-state index contributed by atoms with van der Waals surface area (Å²) in [5, 5.41) is 15.7. The molecule has 0 saturated heterocycles. The number of carboxylic acids is 1. The molecule has 0 amide bonds. The number of carbonyl (C=O) groups is 1. The van der Waals surface area contributed by atoms with E-state index in [1.807, 2.05) is 0 Å². The van der Waals surface area contributed by atoms with Crippen molar-refractivity contribution >= 4 is 5.97 Å². The van der Waals surface area contributed by atoms with Crippen LogP contribution >= 0.6 is 0 Å². The first-order chi connectivity index (χ1) is 8.25. The van der Waals surface area contributed by atoms with Crippen molar-refractivity contribution in [3.63, 3.8) is 0 Å². The van der Waals surface area contributed by atoms with Crippen molar-refractivity contribution in [2.75, 3.05) is 0 Å². The number of unbranched alkanes of at least 4 members (excludes halogenated alkanes) is 1. The number of aryl methyl sites for hydroxylation is 1. The number of hydrogen-bond donors (Lipinski definition) is 2. The fourth-order valence-electron chi connectivity index (χ4n) is 2.36. The number of aromatic nitrogens is 3. The van der Waals surface area contributed by atoms with Crippen molar-refractivity contribution in [2.24, 2.45) is 0 Å². The Balaban J connectivity index is 1.75. The number of H-pyrrole nitrogens is 1. The van der Waals surface area contributed by atoms with Gasteiger partial charge in [0.2, 0.25) is 0 Å². The summed E-state index contributed by atoms with van der Waals surface area (Å²) in [5.74, 6) is 1.67. The molecule has 0 radical (unpaired) electrons. The zero-order valence-electron chi connectivity index (χ0n) is 9.98. The van der Waals surface area contributed by atoms with Gasteiger partial charge in [0.1, 0.15) is 5.82 Å². The lowest BCUT2D eigenvalue weighted by Crippen LogP contribution is -1.97. The second kappa shape index (κ2) is 5.80. The predicted molar refractivity (Wildman–Crippen MR) is 62.8 cm³/mol. The van der Waals surface area contributed by atoms with Gasteiger partial charge in [-0.05, 0) is 25.7 Å². The first-order valence-corrected chi connectivity index (χ1v) is 6.38. The summed E-state index contributed by atoms with van der Waals surface area (Å²) in [6.45, 7) is 0. The van der Waals surface area contributed by atoms with E-state index in [0.717, 1.165) is 24.5 Å². The summed E-state index contributed by atoms with van der Waals surface area (Å²) in [7, 11) is 0. The molecule has 1 saturated carbocycles. The summed E-state index contributed by atoms with van der Waals surface area (Å²) in [6, 6.07) is 0. The number of aromatic amines is 1. The molecule has 0 spiro atoms. The monoisotopic (exact) mass is 237 g/mol. The van der Waals surface area contributed by atoms with Crippen LogP contribution in [0.1, 0.15) is 62.5 Å². The molecule has 94 valence electrons. The maximum atomic E-state index is 10.4. The lowest BCUT2D eigenvalue weighted by Gasteiger charge is -2.00. The highest BCUT2D eigenvalue weighted by molar-refractivity contribution is 5.66. The van der Waals surface area contributed by atoms with E-state index in [0.29, 0.717) is 12.3 Å². The van der Waals surface area contributed by atoms with Crippen molar-refractivity contribution < 1.29 is 9.90 Å². The zero-order valence-corrected chi connectivity index (χ0v) is 9.98. The average molecular weight is 237 g/mol. The van der Waals surface area contributed by atoms with Crippen molar-refractivity contribution in [1.82, 2.24) is 15.2 Å². The van der Waals surface area contributed by atoms with E-state index >= 15 is 0 Å². The van der Waals surface area contributed by atoms with Crippen LogP contribution in [0.2, 0.25) is 0 Å². The molecule has 1 aliphatic carbocycles. The molecule has 1 fully saturated rings. The number of nitrogens with one attached hydrogen (secondary N) is 1. The molecule has 0 aromatic carbocycles. The number of aliphatic carboxylic acids is 1. The highest BCUT2D eigenvalue weighted by Crippen LogP contribution is 2.31. The van der Waals surface area contributed by atoms with E-state index < -0.39 is 5.97 Å². The van der Waals surface area contributed by atoms with Crippen LogP contribution in [-0.2, 0) is 11.2 Å². The summed E-state index contributed by atoms with van der Waals surface area (Å²) in [6.07, 6.45) is 7.57. The minimum absolute atomic E-state index is 0.240. The van der Waals surface area contributed by atoms with Gasteiger partial charge in [-0.2, -0.15) is 5.10 Å². The molecular weight excluding hydrogens is 218 g/mol. The van der Waals surface area contributed by atoms with E-state index in [2.05, 4.69) is 15.2 Å². The Labute approximate surface area is 101 Å². The molecule has 1 aromatic heterocycles. The van der Waals surface area contributed by atoms with Crippen LogP contribution in [0.3, 0.4) is 0 Å². The van der Waals surface area contributed by atoms with E-state index in [1.54, 1.807) is 0 Å². The molecule has 1 aromatic rings. The van der Waals surface area contributed by atoms with Gasteiger partial charge in [-0.1, -0.05) is 12.8 Å². The average Bonchev–Trinajstić information content (AvgIpc) is 2.94. The minimum Gasteiger partial charge on any atom is -0.481 e. The molecule has 1 aliphatic rings. The lowest BCUT2D eigenvalue weighted by atomic mass is 10.1. The van der Waals surface area contributed by atoms with Crippen LogP contribution in [0.25, 0.3) is 0 Å². The van der Waals surface area contributed by atoms with E-state index in [1.165, 1.54) is 25.7 Å². The number of hydrogen-bond acceptors (Lipinski definition) is 3. The standard InChI is InChI=1S/C12H19N3O2/c16-11(17)8-4-3-7-10-13-12(15-14-10)9-5-1-2-6-9/h9H,1-8H2,(H,16,17)(H,13,14,15). The number of rotatable bonds is 6. The van der Waals surface area contributed by atoms with Crippen molar-refractivity contribution in [3.05, 3.63) is 11.6 Å². The van der Waals surface area contributed by atoms with Crippen molar-refractivity contribution in [1.29, 1.82) is 0 Å². The van der Waals surface area contributed by atoms with E-state index in [9.17, 15) is 4.79 Å². The Kier molecular flexibility index (Phi) is 4.12. The summed E-state index contributed by atoms with van der Waals surface area (Å²) >= 11 is 0. The van der Waals surface area contributed by atoms with Gasteiger partial charge in [0, 0.05) is 18.8 Å². The van der Waals surface area contributed by atoms with Gasteiger partial charge >= 0.3 is 5.97 Å². The molecule has 1 heterocycles. The van der Waals surface area contributed by atoms with Gasteiger partial charge in [0.05, 0.1) is 0 Å². The van der Waals surface area contributed by atoms with Gasteiger partial charge in [-0.3, -0.25) is 9.89 Å². The Hall–Kier alpha value is -1.39. The fraction of sp³-hybridized carbons (Fsp3) is 0.750. The highest BCUT2D eigenvalue weighted by atomic mass is 16.4. The number of nitrogens with zero attached hydrogens (tertiary/aromatic N) is 2. The molecule has 0 atom stereocenters. The molecule has 5 nitrogen and oxygen atoms in total. The van der Waals surface area contributed by atoms with E-state index in [-0.39, 0.29) is 6.42 Å². The zero-order chi connectivity index (χ0) is 12.1. The summed E-state index contributed by atoms with van der Waals surface area (Å²) in [4.78, 5) is 14.8. The topological polar surface area (TPSA) is 78.9 Å². The van der Waals surface area contributed by atoms with Gasteiger partial charge < -0.3 is 5.11 Å². The Morgan fingerprint density at radius 1 is 1.35 bits per heavy atom. The Morgan fingerprint density at radius 3 is 2.82 bits per heavy atom.